The minimum absolute atomic E-state index is 0.0903. The zero-order chi connectivity index (χ0) is 19.1. The third kappa shape index (κ3) is 4.97. The third-order valence-corrected chi connectivity index (χ3v) is 4.36. The van der Waals surface area contributed by atoms with Gasteiger partial charge in [0.25, 0.3) is 0 Å². The van der Waals surface area contributed by atoms with Crippen molar-refractivity contribution in [2.75, 3.05) is 32.8 Å². The highest BCUT2D eigenvalue weighted by Gasteiger charge is 2.32. The minimum atomic E-state index is -0.516. The van der Waals surface area contributed by atoms with Gasteiger partial charge in [-0.05, 0) is 26.3 Å². The Kier molecular flexibility index (Phi) is 7.00. The number of hydrogen-bond acceptors (Lipinski definition) is 4. The fourth-order valence-electron chi connectivity index (χ4n) is 2.83. The fourth-order valence-corrected chi connectivity index (χ4v) is 2.83. The van der Waals surface area contributed by atoms with E-state index in [0.29, 0.717) is 39.3 Å². The van der Waals surface area contributed by atoms with Gasteiger partial charge >= 0.3 is 17.9 Å². The molecule has 2 rings (SSSR count). The summed E-state index contributed by atoms with van der Waals surface area (Å²) in [5.41, 5.74) is 0.981. The topological polar surface area (TPSA) is 70.2 Å². The molecule has 0 N–H and O–H groups in total. The maximum absolute atomic E-state index is 12.7. The number of hydrogen-bond donors (Lipinski definition) is 0. The molecular formula is C19H27N3O4. The number of rotatable bonds is 4. The Hall–Kier alpha value is -2.57. The van der Waals surface area contributed by atoms with E-state index in [-0.39, 0.29) is 12.1 Å². The molecule has 1 aliphatic heterocycles. The molecule has 0 aromatic heterocycles. The Bertz CT molecular complexity index is 625. The van der Waals surface area contributed by atoms with Crippen molar-refractivity contribution in [2.45, 2.75) is 33.4 Å². The number of amides is 3. The Morgan fingerprint density at radius 3 is 2.15 bits per heavy atom. The normalized spacial score (nSPS) is 14.3. The van der Waals surface area contributed by atoms with Gasteiger partial charge in [0.1, 0.15) is 0 Å². The third-order valence-electron chi connectivity index (χ3n) is 4.36. The highest BCUT2D eigenvalue weighted by atomic mass is 16.6. The van der Waals surface area contributed by atoms with Crippen molar-refractivity contribution in [1.82, 2.24) is 14.7 Å². The van der Waals surface area contributed by atoms with Crippen LogP contribution in [0, 0.1) is 0 Å². The van der Waals surface area contributed by atoms with Crippen molar-refractivity contribution in [2.24, 2.45) is 0 Å². The quantitative estimate of drug-likeness (QED) is 0.766. The van der Waals surface area contributed by atoms with E-state index in [1.807, 2.05) is 44.2 Å². The Labute approximate surface area is 154 Å². The SMILES string of the molecule is CCOC(=O)N1CCN(C(=O)C(=O)N(Cc2ccccc2)C(C)C)CC1. The van der Waals surface area contributed by atoms with E-state index in [2.05, 4.69) is 0 Å². The van der Waals surface area contributed by atoms with Crippen LogP contribution in [0.1, 0.15) is 26.3 Å². The standard InChI is InChI=1S/C19H27N3O4/c1-4-26-19(25)21-12-10-20(11-13-21)17(23)18(24)22(15(2)3)14-16-8-6-5-7-9-16/h5-9,15H,4,10-14H2,1-3H3. The van der Waals surface area contributed by atoms with Gasteiger partial charge in [-0.15, -0.1) is 0 Å². The molecule has 7 nitrogen and oxygen atoms in total. The van der Waals surface area contributed by atoms with Crippen LogP contribution in [0.2, 0.25) is 0 Å². The van der Waals surface area contributed by atoms with E-state index >= 15 is 0 Å². The van der Waals surface area contributed by atoms with E-state index in [1.165, 1.54) is 4.90 Å². The van der Waals surface area contributed by atoms with Crippen LogP contribution in [0.25, 0.3) is 0 Å². The lowest BCUT2D eigenvalue weighted by Crippen LogP contribution is -2.55. The lowest BCUT2D eigenvalue weighted by Gasteiger charge is -2.35. The second kappa shape index (κ2) is 9.22. The summed E-state index contributed by atoms with van der Waals surface area (Å²) in [5.74, 6) is -1.02. The van der Waals surface area contributed by atoms with Gasteiger partial charge in [-0.25, -0.2) is 4.79 Å². The molecule has 0 saturated carbocycles. The summed E-state index contributed by atoms with van der Waals surface area (Å²) in [5, 5.41) is 0. The van der Waals surface area contributed by atoms with Gasteiger partial charge < -0.3 is 19.4 Å². The molecule has 26 heavy (non-hydrogen) atoms. The molecule has 0 bridgehead atoms. The number of benzene rings is 1. The van der Waals surface area contributed by atoms with Crippen LogP contribution in [0.3, 0.4) is 0 Å². The van der Waals surface area contributed by atoms with Crippen LogP contribution in [-0.4, -0.2) is 71.4 Å². The highest BCUT2D eigenvalue weighted by Crippen LogP contribution is 2.11. The monoisotopic (exact) mass is 361 g/mol. The van der Waals surface area contributed by atoms with Crippen molar-refractivity contribution in [3.8, 4) is 0 Å². The average molecular weight is 361 g/mol. The molecule has 1 aromatic rings. The predicted molar refractivity (Wildman–Crippen MR) is 97.3 cm³/mol. The molecule has 0 aliphatic carbocycles. The molecule has 1 heterocycles. The van der Waals surface area contributed by atoms with Crippen molar-refractivity contribution >= 4 is 17.9 Å². The van der Waals surface area contributed by atoms with Gasteiger partial charge in [-0.3, -0.25) is 9.59 Å². The number of nitrogens with zero attached hydrogens (tertiary/aromatic N) is 3. The first kappa shape index (κ1) is 19.8. The van der Waals surface area contributed by atoms with Crippen molar-refractivity contribution in [1.29, 1.82) is 0 Å². The first-order valence-electron chi connectivity index (χ1n) is 8.99. The Balaban J connectivity index is 1.97. The zero-order valence-electron chi connectivity index (χ0n) is 15.7. The largest absolute Gasteiger partial charge is 0.450 e. The molecule has 3 amide bonds. The second-order valence-electron chi connectivity index (χ2n) is 6.49. The fraction of sp³-hybridized carbons (Fsp3) is 0.526. The van der Waals surface area contributed by atoms with Crippen molar-refractivity contribution in [3.05, 3.63) is 35.9 Å². The molecule has 7 heteroatoms. The van der Waals surface area contributed by atoms with Crippen LogP contribution < -0.4 is 0 Å². The molecule has 1 fully saturated rings. The number of ether oxygens (including phenoxy) is 1. The van der Waals surface area contributed by atoms with E-state index in [1.54, 1.807) is 16.7 Å². The van der Waals surface area contributed by atoms with Crippen molar-refractivity contribution in [3.63, 3.8) is 0 Å². The van der Waals surface area contributed by atoms with Gasteiger partial charge in [0.2, 0.25) is 0 Å². The lowest BCUT2D eigenvalue weighted by molar-refractivity contribution is -0.154. The first-order chi connectivity index (χ1) is 12.4. The molecule has 0 radical (unpaired) electrons. The van der Waals surface area contributed by atoms with E-state index < -0.39 is 11.8 Å². The summed E-state index contributed by atoms with van der Waals surface area (Å²) >= 11 is 0. The summed E-state index contributed by atoms with van der Waals surface area (Å²) in [4.78, 5) is 41.8. The molecule has 1 aliphatic rings. The summed E-state index contributed by atoms with van der Waals surface area (Å²) in [6, 6.07) is 9.52. The zero-order valence-corrected chi connectivity index (χ0v) is 15.7. The summed E-state index contributed by atoms with van der Waals surface area (Å²) < 4.78 is 4.97. The summed E-state index contributed by atoms with van der Waals surface area (Å²) in [6.45, 7) is 7.67. The van der Waals surface area contributed by atoms with Crippen LogP contribution in [-0.2, 0) is 20.9 Å². The maximum atomic E-state index is 12.7. The molecule has 142 valence electrons. The van der Waals surface area contributed by atoms with Gasteiger partial charge in [0.15, 0.2) is 0 Å². The minimum Gasteiger partial charge on any atom is -0.450 e. The average Bonchev–Trinajstić information content (AvgIpc) is 2.66. The van der Waals surface area contributed by atoms with Crippen LogP contribution in [0.4, 0.5) is 4.79 Å². The molecule has 1 aromatic carbocycles. The predicted octanol–water partition coefficient (Wildman–Crippen LogP) is 1.72. The van der Waals surface area contributed by atoms with Crippen molar-refractivity contribution < 1.29 is 19.1 Å². The molecule has 1 saturated heterocycles. The highest BCUT2D eigenvalue weighted by molar-refractivity contribution is 6.35. The van der Waals surface area contributed by atoms with E-state index in [9.17, 15) is 14.4 Å². The van der Waals surface area contributed by atoms with Crippen LogP contribution in [0.15, 0.2) is 30.3 Å². The molecule has 0 unspecified atom stereocenters. The lowest BCUT2D eigenvalue weighted by atomic mass is 10.2. The second-order valence-corrected chi connectivity index (χ2v) is 6.49. The van der Waals surface area contributed by atoms with E-state index in [0.717, 1.165) is 5.56 Å². The number of carbonyl (C=O) groups is 3. The molecule has 0 spiro atoms. The maximum Gasteiger partial charge on any atom is 0.409 e. The first-order valence-corrected chi connectivity index (χ1v) is 8.99. The van der Waals surface area contributed by atoms with E-state index in [4.69, 9.17) is 4.74 Å². The Morgan fingerprint density at radius 1 is 1.04 bits per heavy atom. The number of carbonyl (C=O) groups excluding carboxylic acids is 3. The van der Waals surface area contributed by atoms with Crippen LogP contribution in [0.5, 0.6) is 0 Å². The van der Waals surface area contributed by atoms with Gasteiger partial charge in [-0.1, -0.05) is 30.3 Å². The Morgan fingerprint density at radius 2 is 1.62 bits per heavy atom. The van der Waals surface area contributed by atoms with Crippen LogP contribution >= 0.6 is 0 Å². The van der Waals surface area contributed by atoms with Gasteiger partial charge in [-0.2, -0.15) is 0 Å². The summed E-state index contributed by atoms with van der Waals surface area (Å²) in [7, 11) is 0. The van der Waals surface area contributed by atoms with Gasteiger partial charge in [0, 0.05) is 38.8 Å². The van der Waals surface area contributed by atoms with Gasteiger partial charge in [0.05, 0.1) is 6.61 Å². The smallest absolute Gasteiger partial charge is 0.409 e. The molecular weight excluding hydrogens is 334 g/mol. The summed E-state index contributed by atoms with van der Waals surface area (Å²) in [6.07, 6.45) is -0.376. The number of piperazine rings is 1. The molecule has 0 atom stereocenters.